The zero-order valence-electron chi connectivity index (χ0n) is 12.6. The number of rotatable bonds is 8. The van der Waals surface area contributed by atoms with E-state index in [1.807, 2.05) is 13.8 Å². The van der Waals surface area contributed by atoms with Crippen molar-refractivity contribution in [1.82, 2.24) is 0 Å². The van der Waals surface area contributed by atoms with Crippen LogP contribution >= 0.6 is 7.82 Å². The van der Waals surface area contributed by atoms with E-state index in [0.717, 1.165) is 12.8 Å². The van der Waals surface area contributed by atoms with Crippen LogP contribution in [0.25, 0.3) is 0 Å². The number of aliphatic hydroxyl groups is 3. The molecule has 0 radical (unpaired) electrons. The quantitative estimate of drug-likeness (QED) is 0.363. The van der Waals surface area contributed by atoms with E-state index in [0.29, 0.717) is 0 Å². The molecule has 0 saturated carbocycles. The Kier molecular flexibility index (Phi) is 7.87. The monoisotopic (exact) mass is 344 g/mol. The maximum Gasteiger partial charge on any atom is 0.472 e. The molecule has 0 aromatic rings. The molecular formula is C12H25O9P. The van der Waals surface area contributed by atoms with Crippen LogP contribution in [-0.4, -0.2) is 69.0 Å². The van der Waals surface area contributed by atoms with Crippen LogP contribution in [0, 0.1) is 5.92 Å². The molecule has 0 unspecified atom stereocenters. The van der Waals surface area contributed by atoms with Gasteiger partial charge in [0, 0.05) is 0 Å². The van der Waals surface area contributed by atoms with Crippen molar-refractivity contribution in [3.8, 4) is 0 Å². The van der Waals surface area contributed by atoms with Gasteiger partial charge in [0.15, 0.2) is 6.29 Å². The molecule has 1 saturated heterocycles. The van der Waals surface area contributed by atoms with Gasteiger partial charge in [-0.1, -0.05) is 26.7 Å². The highest BCUT2D eigenvalue weighted by Gasteiger charge is 2.47. The van der Waals surface area contributed by atoms with Crippen LogP contribution in [0.3, 0.4) is 0 Å². The summed E-state index contributed by atoms with van der Waals surface area (Å²) < 4.78 is 25.7. The van der Waals surface area contributed by atoms with E-state index in [2.05, 4.69) is 4.52 Å². The van der Waals surface area contributed by atoms with Gasteiger partial charge in [-0.15, -0.1) is 0 Å². The molecule has 5 N–H and O–H groups in total. The summed E-state index contributed by atoms with van der Waals surface area (Å²) >= 11 is 0. The van der Waals surface area contributed by atoms with Crippen LogP contribution in [0.15, 0.2) is 0 Å². The highest BCUT2D eigenvalue weighted by atomic mass is 31.2. The first-order chi connectivity index (χ1) is 10.2. The summed E-state index contributed by atoms with van der Waals surface area (Å²) in [6, 6.07) is 0. The Labute approximate surface area is 129 Å². The van der Waals surface area contributed by atoms with E-state index in [9.17, 15) is 19.9 Å². The van der Waals surface area contributed by atoms with E-state index >= 15 is 0 Å². The second kappa shape index (κ2) is 8.68. The third-order valence-electron chi connectivity index (χ3n) is 3.74. The lowest BCUT2D eigenvalue weighted by Crippen LogP contribution is -2.60. The first-order valence-corrected chi connectivity index (χ1v) is 8.74. The molecule has 0 aromatic heterocycles. The van der Waals surface area contributed by atoms with E-state index < -0.39 is 45.1 Å². The Morgan fingerprint density at radius 3 is 2.23 bits per heavy atom. The average molecular weight is 344 g/mol. The number of phosphoric ester groups is 1. The van der Waals surface area contributed by atoms with Crippen molar-refractivity contribution in [2.45, 2.75) is 57.4 Å². The molecule has 1 aliphatic rings. The van der Waals surface area contributed by atoms with Gasteiger partial charge in [0.2, 0.25) is 0 Å². The van der Waals surface area contributed by atoms with Gasteiger partial charge in [0.25, 0.3) is 0 Å². The van der Waals surface area contributed by atoms with Gasteiger partial charge < -0.3 is 34.6 Å². The molecule has 1 fully saturated rings. The third kappa shape index (κ3) is 5.52. The molecule has 10 heteroatoms. The standard InChI is InChI=1S/C12H25O9P/c1-3-7(4-2)6-19-11-9(14)8(5-13)20-12(10(11)15)21-22(16,17)18/h7-15H,3-6H2,1-2H3,(H2,16,17,18)/t8-,9-,10-,11+,12-/m1/s1. The fraction of sp³-hybridized carbons (Fsp3) is 1.00. The Hall–Kier alpha value is -0.0900. The summed E-state index contributed by atoms with van der Waals surface area (Å²) in [5, 5.41) is 29.3. The molecular weight excluding hydrogens is 319 g/mol. The highest BCUT2D eigenvalue weighted by molar-refractivity contribution is 7.46. The molecule has 0 amide bonds. The zero-order chi connectivity index (χ0) is 16.9. The fourth-order valence-corrected chi connectivity index (χ4v) is 2.69. The fourth-order valence-electron chi connectivity index (χ4n) is 2.24. The second-order valence-electron chi connectivity index (χ2n) is 5.28. The van der Waals surface area contributed by atoms with Gasteiger partial charge in [-0.05, 0) is 5.92 Å². The summed E-state index contributed by atoms with van der Waals surface area (Å²) in [7, 11) is -4.91. The summed E-state index contributed by atoms with van der Waals surface area (Å²) in [6.07, 6.45) is -5.30. The topological polar surface area (TPSA) is 146 Å². The van der Waals surface area contributed by atoms with Crippen molar-refractivity contribution < 1.29 is 43.7 Å². The Morgan fingerprint density at radius 1 is 1.18 bits per heavy atom. The van der Waals surface area contributed by atoms with Gasteiger partial charge in [-0.25, -0.2) is 4.57 Å². The van der Waals surface area contributed by atoms with Crippen molar-refractivity contribution in [2.75, 3.05) is 13.2 Å². The van der Waals surface area contributed by atoms with Crippen molar-refractivity contribution in [2.24, 2.45) is 5.92 Å². The lowest BCUT2D eigenvalue weighted by atomic mass is 9.98. The Bertz CT molecular complexity index is 370. The van der Waals surface area contributed by atoms with Crippen LogP contribution in [0.5, 0.6) is 0 Å². The molecule has 9 nitrogen and oxygen atoms in total. The summed E-state index contributed by atoms with van der Waals surface area (Å²) in [5.74, 6) is 0.218. The first kappa shape index (κ1) is 20.0. The van der Waals surface area contributed by atoms with E-state index in [4.69, 9.17) is 19.3 Å². The molecule has 22 heavy (non-hydrogen) atoms. The van der Waals surface area contributed by atoms with Crippen molar-refractivity contribution >= 4 is 7.82 Å². The maximum absolute atomic E-state index is 10.9. The number of aliphatic hydroxyl groups excluding tert-OH is 3. The third-order valence-corrected chi connectivity index (χ3v) is 4.22. The van der Waals surface area contributed by atoms with Crippen LogP contribution < -0.4 is 0 Å². The number of hydrogen-bond acceptors (Lipinski definition) is 7. The molecule has 1 aliphatic heterocycles. The number of hydrogen-bond donors (Lipinski definition) is 5. The van der Waals surface area contributed by atoms with Crippen molar-refractivity contribution in [1.29, 1.82) is 0 Å². The number of ether oxygens (including phenoxy) is 2. The largest absolute Gasteiger partial charge is 0.472 e. The predicted molar refractivity (Wildman–Crippen MR) is 74.7 cm³/mol. The molecule has 1 rings (SSSR count). The van der Waals surface area contributed by atoms with Gasteiger partial charge in [-0.2, -0.15) is 0 Å². The SMILES string of the molecule is CCC(CC)CO[C@@H]1[C@@H](O)[C@@H](OP(=O)(O)O)O[C@H](CO)[C@H]1O. The van der Waals surface area contributed by atoms with Gasteiger partial charge >= 0.3 is 7.82 Å². The minimum absolute atomic E-state index is 0.218. The Balaban J connectivity index is 2.79. The summed E-state index contributed by atoms with van der Waals surface area (Å²) in [4.78, 5) is 17.7. The summed E-state index contributed by atoms with van der Waals surface area (Å²) in [6.45, 7) is 3.60. The minimum Gasteiger partial charge on any atom is -0.394 e. The molecule has 0 bridgehead atoms. The average Bonchev–Trinajstić information content (AvgIpc) is 2.44. The molecule has 0 spiro atoms. The van der Waals surface area contributed by atoms with E-state index in [1.54, 1.807) is 0 Å². The van der Waals surface area contributed by atoms with Crippen LogP contribution in [-0.2, 0) is 18.6 Å². The van der Waals surface area contributed by atoms with Crippen LogP contribution in [0.2, 0.25) is 0 Å². The summed E-state index contributed by atoms with van der Waals surface area (Å²) in [5.41, 5.74) is 0. The molecule has 0 aromatic carbocycles. The predicted octanol–water partition coefficient (Wildman–Crippen LogP) is -0.644. The molecule has 0 aliphatic carbocycles. The second-order valence-corrected chi connectivity index (χ2v) is 6.48. The molecule has 5 atom stereocenters. The van der Waals surface area contributed by atoms with Crippen molar-refractivity contribution in [3.05, 3.63) is 0 Å². The van der Waals surface area contributed by atoms with E-state index in [1.165, 1.54) is 0 Å². The van der Waals surface area contributed by atoms with Gasteiger partial charge in [0.1, 0.15) is 24.4 Å². The van der Waals surface area contributed by atoms with Gasteiger partial charge in [-0.3, -0.25) is 4.52 Å². The van der Waals surface area contributed by atoms with Crippen molar-refractivity contribution in [3.63, 3.8) is 0 Å². The zero-order valence-corrected chi connectivity index (χ0v) is 13.5. The van der Waals surface area contributed by atoms with Crippen LogP contribution in [0.4, 0.5) is 0 Å². The lowest BCUT2D eigenvalue weighted by Gasteiger charge is -2.41. The maximum atomic E-state index is 10.9. The minimum atomic E-state index is -4.91. The Morgan fingerprint density at radius 2 is 1.77 bits per heavy atom. The highest BCUT2D eigenvalue weighted by Crippen LogP contribution is 2.41. The first-order valence-electron chi connectivity index (χ1n) is 7.21. The normalized spacial score (nSPS) is 33.4. The lowest BCUT2D eigenvalue weighted by molar-refractivity contribution is -0.290. The smallest absolute Gasteiger partial charge is 0.394 e. The molecule has 132 valence electrons. The number of phosphoric acid groups is 1. The van der Waals surface area contributed by atoms with E-state index in [-0.39, 0.29) is 12.5 Å². The van der Waals surface area contributed by atoms with Gasteiger partial charge in [0.05, 0.1) is 13.2 Å². The van der Waals surface area contributed by atoms with Crippen LogP contribution in [0.1, 0.15) is 26.7 Å². The molecule has 1 heterocycles.